The highest BCUT2D eigenvalue weighted by Crippen LogP contribution is 2.20. The third-order valence-electron chi connectivity index (χ3n) is 5.68. The van der Waals surface area contributed by atoms with Crippen LogP contribution in [0.4, 0.5) is 0 Å². The minimum atomic E-state index is -1.07. The number of aliphatic hydroxyl groups is 2. The maximum atomic E-state index is 12.4. The Morgan fingerprint density at radius 2 is 1.94 bits per heavy atom. The van der Waals surface area contributed by atoms with Crippen LogP contribution in [0.15, 0.2) is 59.8 Å². The fraction of sp³-hybridized carbons (Fsp3) is 0.519. The molecule has 0 unspecified atom stereocenters. The van der Waals surface area contributed by atoms with Gasteiger partial charge >= 0.3 is 5.97 Å². The van der Waals surface area contributed by atoms with Gasteiger partial charge in [0.25, 0.3) is 0 Å². The van der Waals surface area contributed by atoms with E-state index in [0.29, 0.717) is 44.1 Å². The number of carbonyl (C=O) groups excluding carboxylic acids is 3. The molecule has 0 spiro atoms. The molecule has 0 aliphatic carbocycles. The summed E-state index contributed by atoms with van der Waals surface area (Å²) in [6.07, 6.45) is 14.9. The third-order valence-corrected chi connectivity index (χ3v) is 5.68. The molecule has 1 rings (SSSR count). The lowest BCUT2D eigenvalue weighted by molar-refractivity contribution is -0.144. The van der Waals surface area contributed by atoms with E-state index >= 15 is 0 Å². The SMILES string of the molecule is C/C(C=O)=C\[C@@H](C)[C@H]1C/C(C)=C/C=C/CC[C@H](C(N)=O)[C@@H](O)/C=C/[C@@H](O)CCC/C=C/C(=O)O1. The number of rotatable bonds is 4. The zero-order valence-corrected chi connectivity index (χ0v) is 20.4. The van der Waals surface area contributed by atoms with Gasteiger partial charge in [-0.2, -0.15) is 0 Å². The van der Waals surface area contributed by atoms with E-state index in [0.717, 1.165) is 11.9 Å². The first-order chi connectivity index (χ1) is 16.1. The summed E-state index contributed by atoms with van der Waals surface area (Å²) >= 11 is 0. The molecule has 7 nitrogen and oxygen atoms in total. The molecule has 0 saturated carbocycles. The van der Waals surface area contributed by atoms with E-state index in [4.69, 9.17) is 10.5 Å². The maximum Gasteiger partial charge on any atom is 0.330 e. The summed E-state index contributed by atoms with van der Waals surface area (Å²) in [7, 11) is 0. The molecule has 4 N–H and O–H groups in total. The van der Waals surface area contributed by atoms with Crippen molar-refractivity contribution in [3.8, 4) is 0 Å². The zero-order chi connectivity index (χ0) is 25.5. The molecule has 0 aromatic carbocycles. The lowest BCUT2D eigenvalue weighted by Crippen LogP contribution is -2.32. The maximum absolute atomic E-state index is 12.4. The average Bonchev–Trinajstić information content (AvgIpc) is 2.78. The molecule has 1 aliphatic heterocycles. The molecule has 1 amide bonds. The van der Waals surface area contributed by atoms with Gasteiger partial charge in [0.1, 0.15) is 12.4 Å². The molecule has 1 heterocycles. The Bertz CT molecular complexity index is 823. The van der Waals surface area contributed by atoms with Crippen molar-refractivity contribution in [2.75, 3.05) is 0 Å². The van der Waals surface area contributed by atoms with Crippen LogP contribution in [0.5, 0.6) is 0 Å². The Balaban J connectivity index is 3.07. The first-order valence-electron chi connectivity index (χ1n) is 11.8. The van der Waals surface area contributed by atoms with Gasteiger partial charge in [0, 0.05) is 18.4 Å². The highest BCUT2D eigenvalue weighted by atomic mass is 16.5. The van der Waals surface area contributed by atoms with E-state index in [9.17, 15) is 24.6 Å². The van der Waals surface area contributed by atoms with Crippen molar-refractivity contribution in [2.45, 2.75) is 77.6 Å². The summed E-state index contributed by atoms with van der Waals surface area (Å²) in [5, 5.41) is 20.4. The Kier molecular flexibility index (Phi) is 13.7. The molecule has 0 radical (unpaired) electrons. The second kappa shape index (κ2) is 16.0. The van der Waals surface area contributed by atoms with E-state index < -0.39 is 36.1 Å². The van der Waals surface area contributed by atoms with E-state index in [1.165, 1.54) is 18.2 Å². The molecule has 0 fully saturated rings. The summed E-state index contributed by atoms with van der Waals surface area (Å²) in [4.78, 5) is 35.2. The van der Waals surface area contributed by atoms with Gasteiger partial charge in [-0.25, -0.2) is 4.79 Å². The fourth-order valence-corrected chi connectivity index (χ4v) is 3.65. The van der Waals surface area contributed by atoms with Crippen LogP contribution < -0.4 is 5.73 Å². The van der Waals surface area contributed by atoms with Gasteiger partial charge in [-0.15, -0.1) is 0 Å². The van der Waals surface area contributed by atoms with Crippen LogP contribution in [0.2, 0.25) is 0 Å². The molecule has 7 heteroatoms. The van der Waals surface area contributed by atoms with Crippen LogP contribution in [0, 0.1) is 11.8 Å². The second-order valence-electron chi connectivity index (χ2n) is 8.87. The van der Waals surface area contributed by atoms with Crippen molar-refractivity contribution in [1.29, 1.82) is 0 Å². The molecule has 0 saturated heterocycles. The minimum absolute atomic E-state index is 0.160. The quantitative estimate of drug-likeness (QED) is 0.248. The van der Waals surface area contributed by atoms with Crippen molar-refractivity contribution in [3.05, 3.63) is 59.8 Å². The number of hydrogen-bond donors (Lipinski definition) is 3. The highest BCUT2D eigenvalue weighted by molar-refractivity contribution is 5.82. The topological polar surface area (TPSA) is 127 Å². The number of cyclic esters (lactones) is 1. The monoisotopic (exact) mass is 473 g/mol. The summed E-state index contributed by atoms with van der Waals surface area (Å²) in [5.74, 6) is -1.94. The van der Waals surface area contributed by atoms with Crippen molar-refractivity contribution in [2.24, 2.45) is 17.6 Å². The van der Waals surface area contributed by atoms with Crippen molar-refractivity contribution in [1.82, 2.24) is 0 Å². The van der Waals surface area contributed by atoms with Crippen LogP contribution in [-0.2, 0) is 19.1 Å². The Morgan fingerprint density at radius 1 is 1.21 bits per heavy atom. The van der Waals surface area contributed by atoms with Crippen LogP contribution >= 0.6 is 0 Å². The first-order valence-corrected chi connectivity index (χ1v) is 11.8. The number of ether oxygens (including phenoxy) is 1. The zero-order valence-electron chi connectivity index (χ0n) is 20.4. The van der Waals surface area contributed by atoms with Crippen LogP contribution in [0.3, 0.4) is 0 Å². The molecular weight excluding hydrogens is 434 g/mol. The summed E-state index contributed by atoms with van der Waals surface area (Å²) in [6.45, 7) is 5.55. The molecule has 5 atom stereocenters. The molecular formula is C27H39NO6. The highest BCUT2D eigenvalue weighted by Gasteiger charge is 2.22. The third kappa shape index (κ3) is 11.9. The number of carbonyl (C=O) groups is 3. The number of primary amides is 1. The number of amides is 1. The average molecular weight is 474 g/mol. The van der Waals surface area contributed by atoms with E-state index in [1.54, 1.807) is 19.1 Å². The van der Waals surface area contributed by atoms with Crippen LogP contribution in [0.25, 0.3) is 0 Å². The molecule has 34 heavy (non-hydrogen) atoms. The summed E-state index contributed by atoms with van der Waals surface area (Å²) < 4.78 is 5.69. The fourth-order valence-electron chi connectivity index (χ4n) is 3.65. The number of hydrogen-bond acceptors (Lipinski definition) is 6. The molecule has 1 aliphatic rings. The second-order valence-corrected chi connectivity index (χ2v) is 8.87. The first kappa shape index (κ1) is 29.3. The van der Waals surface area contributed by atoms with E-state index in [-0.39, 0.29) is 5.92 Å². The van der Waals surface area contributed by atoms with Gasteiger partial charge in [0.15, 0.2) is 0 Å². The van der Waals surface area contributed by atoms with Crippen LogP contribution in [0.1, 0.15) is 59.3 Å². The predicted octanol–water partition coefficient (Wildman–Crippen LogP) is 3.47. The molecule has 0 aromatic heterocycles. The van der Waals surface area contributed by atoms with E-state index in [1.807, 2.05) is 32.1 Å². The molecule has 0 bridgehead atoms. The largest absolute Gasteiger partial charge is 0.458 e. The number of nitrogens with two attached hydrogens (primary N) is 1. The minimum Gasteiger partial charge on any atom is -0.458 e. The van der Waals surface area contributed by atoms with Crippen LogP contribution in [-0.4, -0.2) is 46.7 Å². The van der Waals surface area contributed by atoms with Gasteiger partial charge in [-0.1, -0.05) is 55.0 Å². The smallest absolute Gasteiger partial charge is 0.330 e. The molecule has 188 valence electrons. The van der Waals surface area contributed by atoms with Crippen molar-refractivity contribution in [3.63, 3.8) is 0 Å². The predicted molar refractivity (Wildman–Crippen MR) is 132 cm³/mol. The summed E-state index contributed by atoms with van der Waals surface area (Å²) in [6, 6.07) is 0. The van der Waals surface area contributed by atoms with Gasteiger partial charge in [-0.05, 0) is 51.5 Å². The number of allylic oxidation sites excluding steroid dienone is 5. The van der Waals surface area contributed by atoms with Crippen molar-refractivity contribution < 1.29 is 29.3 Å². The number of aldehydes is 1. The normalized spacial score (nSPS) is 31.7. The van der Waals surface area contributed by atoms with Gasteiger partial charge in [-0.3, -0.25) is 9.59 Å². The Labute approximate surface area is 202 Å². The van der Waals surface area contributed by atoms with Gasteiger partial charge in [0.05, 0.1) is 18.1 Å². The lowest BCUT2D eigenvalue weighted by atomic mass is 9.94. The summed E-state index contributed by atoms with van der Waals surface area (Å²) in [5.41, 5.74) is 7.02. The van der Waals surface area contributed by atoms with Gasteiger partial charge < -0.3 is 20.7 Å². The molecule has 0 aromatic rings. The number of esters is 1. The standard InChI is InChI=1S/C27H39NO6/c1-19-10-6-4-8-12-23(27(28)33)24(31)15-14-22(30)11-7-5-9-13-26(32)34-25(17-19)21(3)16-20(2)18-29/h4,6,9-10,13-16,18,21-25,30-31H,5,7-8,11-12,17H2,1-3H3,(H2,28,33)/b6-4+,13-9+,15-14+,19-10+,20-16+/t21-,22+,23+,24+,25-/m1/s1. The Hall–Kier alpha value is -2.77. The van der Waals surface area contributed by atoms with E-state index in [2.05, 4.69) is 0 Å². The lowest BCUT2D eigenvalue weighted by Gasteiger charge is -2.22. The Morgan fingerprint density at radius 3 is 2.62 bits per heavy atom. The van der Waals surface area contributed by atoms with Gasteiger partial charge in [0.2, 0.25) is 5.91 Å². The van der Waals surface area contributed by atoms with Crippen molar-refractivity contribution >= 4 is 18.2 Å². The number of aliphatic hydroxyl groups excluding tert-OH is 2.